The molecule has 3 N–H and O–H groups in total. The Morgan fingerprint density at radius 3 is 2.83 bits per heavy atom. The van der Waals surface area contributed by atoms with Crippen LogP contribution in [-0.2, 0) is 6.54 Å². The molecule has 0 unspecified atom stereocenters. The van der Waals surface area contributed by atoms with Crippen LogP contribution in [0, 0.1) is 0 Å². The maximum atomic E-state index is 10.0. The van der Waals surface area contributed by atoms with Gasteiger partial charge in [0.25, 0.3) is 0 Å². The molecule has 6 heteroatoms. The highest BCUT2D eigenvalue weighted by Crippen LogP contribution is 2.27. The molecule has 0 saturated heterocycles. The maximum Gasteiger partial charge on any atom is 0.201 e. The number of aromatic amines is 1. The van der Waals surface area contributed by atoms with Gasteiger partial charge in [-0.05, 0) is 24.7 Å². The van der Waals surface area contributed by atoms with E-state index >= 15 is 0 Å². The van der Waals surface area contributed by atoms with Gasteiger partial charge in [-0.25, -0.2) is 4.98 Å². The summed E-state index contributed by atoms with van der Waals surface area (Å²) in [5.74, 6) is 0.945. The van der Waals surface area contributed by atoms with Crippen LogP contribution in [0.4, 0.5) is 5.95 Å². The molecule has 0 radical (unpaired) electrons. The molecule has 0 aliphatic rings. The SMILES string of the molecule is CCN(CCNc1nc2ccccc2[nH]1)Cc1cccc(Cl)c1O. The van der Waals surface area contributed by atoms with Gasteiger partial charge < -0.3 is 15.4 Å². The smallest absolute Gasteiger partial charge is 0.201 e. The van der Waals surface area contributed by atoms with E-state index in [2.05, 4.69) is 27.1 Å². The van der Waals surface area contributed by atoms with E-state index in [1.54, 1.807) is 6.07 Å². The second-order valence-electron chi connectivity index (χ2n) is 5.65. The fourth-order valence-electron chi connectivity index (χ4n) is 2.65. The Morgan fingerprint density at radius 2 is 2.04 bits per heavy atom. The van der Waals surface area contributed by atoms with E-state index in [0.717, 1.165) is 42.2 Å². The number of phenols is 1. The molecule has 1 heterocycles. The van der Waals surface area contributed by atoms with Gasteiger partial charge in [-0.15, -0.1) is 0 Å². The lowest BCUT2D eigenvalue weighted by Crippen LogP contribution is -2.28. The highest BCUT2D eigenvalue weighted by atomic mass is 35.5. The number of likely N-dealkylation sites (N-methyl/N-ethyl adjacent to an activating group) is 1. The first-order valence-electron chi connectivity index (χ1n) is 8.04. The van der Waals surface area contributed by atoms with Crippen LogP contribution in [0.3, 0.4) is 0 Å². The Labute approximate surface area is 146 Å². The van der Waals surface area contributed by atoms with Crippen LogP contribution in [0.25, 0.3) is 11.0 Å². The molecule has 0 atom stereocenters. The molecule has 126 valence electrons. The highest BCUT2D eigenvalue weighted by Gasteiger charge is 2.10. The second-order valence-corrected chi connectivity index (χ2v) is 6.05. The molecule has 0 amide bonds. The van der Waals surface area contributed by atoms with Crippen LogP contribution in [0.15, 0.2) is 42.5 Å². The Morgan fingerprint density at radius 1 is 1.21 bits per heavy atom. The van der Waals surface area contributed by atoms with Gasteiger partial charge >= 0.3 is 0 Å². The average Bonchev–Trinajstić information content (AvgIpc) is 3.00. The molecule has 3 aromatic rings. The third kappa shape index (κ3) is 3.80. The minimum Gasteiger partial charge on any atom is -0.506 e. The summed E-state index contributed by atoms with van der Waals surface area (Å²) < 4.78 is 0. The number of phenolic OH excluding ortho intramolecular Hbond substituents is 1. The van der Waals surface area contributed by atoms with Crippen LogP contribution in [0.5, 0.6) is 5.75 Å². The van der Waals surface area contributed by atoms with Crippen molar-refractivity contribution < 1.29 is 5.11 Å². The zero-order valence-electron chi connectivity index (χ0n) is 13.6. The van der Waals surface area contributed by atoms with Crippen LogP contribution in [0.2, 0.25) is 5.02 Å². The van der Waals surface area contributed by atoms with Crippen LogP contribution in [0.1, 0.15) is 12.5 Å². The van der Waals surface area contributed by atoms with Crippen molar-refractivity contribution in [1.29, 1.82) is 0 Å². The first-order valence-corrected chi connectivity index (χ1v) is 8.42. The summed E-state index contributed by atoms with van der Waals surface area (Å²) >= 11 is 5.97. The van der Waals surface area contributed by atoms with Crippen LogP contribution >= 0.6 is 11.6 Å². The quantitative estimate of drug-likeness (QED) is 0.609. The van der Waals surface area contributed by atoms with Gasteiger partial charge in [-0.3, -0.25) is 4.90 Å². The van der Waals surface area contributed by atoms with Gasteiger partial charge in [0.2, 0.25) is 5.95 Å². The summed E-state index contributed by atoms with van der Waals surface area (Å²) in [5.41, 5.74) is 2.82. The Balaban J connectivity index is 1.56. The fourth-order valence-corrected chi connectivity index (χ4v) is 2.84. The zero-order valence-corrected chi connectivity index (χ0v) is 14.3. The molecule has 0 aliphatic heterocycles. The molecule has 0 bridgehead atoms. The van der Waals surface area contributed by atoms with E-state index in [1.807, 2.05) is 36.4 Å². The first kappa shape index (κ1) is 16.6. The average molecular weight is 345 g/mol. The van der Waals surface area contributed by atoms with Crippen molar-refractivity contribution in [3.8, 4) is 5.75 Å². The molecule has 2 aromatic carbocycles. The number of hydrogen-bond donors (Lipinski definition) is 3. The second kappa shape index (κ2) is 7.55. The molecule has 24 heavy (non-hydrogen) atoms. The van der Waals surface area contributed by atoms with Gasteiger partial charge in [0.05, 0.1) is 16.1 Å². The third-order valence-electron chi connectivity index (χ3n) is 4.02. The molecule has 5 nitrogen and oxygen atoms in total. The van der Waals surface area contributed by atoms with E-state index in [4.69, 9.17) is 11.6 Å². The lowest BCUT2D eigenvalue weighted by Gasteiger charge is -2.21. The van der Waals surface area contributed by atoms with Gasteiger partial charge in [0, 0.05) is 25.2 Å². The molecule has 0 aliphatic carbocycles. The lowest BCUT2D eigenvalue weighted by molar-refractivity contribution is 0.286. The lowest BCUT2D eigenvalue weighted by atomic mass is 10.2. The van der Waals surface area contributed by atoms with Gasteiger partial charge in [-0.1, -0.05) is 42.8 Å². The monoisotopic (exact) mass is 344 g/mol. The number of aromatic hydroxyl groups is 1. The van der Waals surface area contributed by atoms with Crippen molar-refractivity contribution in [3.63, 3.8) is 0 Å². The number of aromatic nitrogens is 2. The molecule has 3 rings (SSSR count). The fraction of sp³-hybridized carbons (Fsp3) is 0.278. The van der Waals surface area contributed by atoms with E-state index in [9.17, 15) is 5.11 Å². The number of anilines is 1. The van der Waals surface area contributed by atoms with Crippen molar-refractivity contribution in [3.05, 3.63) is 53.1 Å². The maximum absolute atomic E-state index is 10.0. The largest absolute Gasteiger partial charge is 0.506 e. The number of para-hydroxylation sites is 3. The Kier molecular flexibility index (Phi) is 5.23. The number of halogens is 1. The number of nitrogens with one attached hydrogen (secondary N) is 2. The standard InChI is InChI=1S/C18H21ClN4O/c1-2-23(12-13-6-5-7-14(19)17(13)24)11-10-20-18-21-15-8-3-4-9-16(15)22-18/h3-9,24H,2,10-12H2,1H3,(H2,20,21,22). The van der Waals surface area contributed by atoms with E-state index in [0.29, 0.717) is 11.6 Å². The summed E-state index contributed by atoms with van der Waals surface area (Å²) in [6.45, 7) is 5.23. The molecular formula is C18H21ClN4O. The van der Waals surface area contributed by atoms with Crippen molar-refractivity contribution in [2.24, 2.45) is 0 Å². The number of benzene rings is 2. The summed E-state index contributed by atoms with van der Waals surface area (Å²) in [7, 11) is 0. The predicted octanol–water partition coefficient (Wildman–Crippen LogP) is 3.86. The minimum absolute atomic E-state index is 0.169. The number of nitrogens with zero attached hydrogens (tertiary/aromatic N) is 2. The van der Waals surface area contributed by atoms with Crippen molar-refractivity contribution in [1.82, 2.24) is 14.9 Å². The first-order chi connectivity index (χ1) is 11.7. The number of fused-ring (bicyclic) bond motifs is 1. The summed E-state index contributed by atoms with van der Waals surface area (Å²) in [5, 5.41) is 13.7. The van der Waals surface area contributed by atoms with Crippen molar-refractivity contribution >= 4 is 28.6 Å². The summed E-state index contributed by atoms with van der Waals surface area (Å²) in [6, 6.07) is 13.4. The van der Waals surface area contributed by atoms with Crippen molar-refractivity contribution in [2.45, 2.75) is 13.5 Å². The molecule has 0 saturated carbocycles. The molecule has 0 spiro atoms. The van der Waals surface area contributed by atoms with Crippen LogP contribution < -0.4 is 5.32 Å². The summed E-state index contributed by atoms with van der Waals surface area (Å²) in [6.07, 6.45) is 0. The number of rotatable bonds is 7. The number of H-pyrrole nitrogens is 1. The number of imidazole rings is 1. The van der Waals surface area contributed by atoms with Gasteiger partial charge in [0.1, 0.15) is 5.75 Å². The van der Waals surface area contributed by atoms with Gasteiger partial charge in [-0.2, -0.15) is 0 Å². The highest BCUT2D eigenvalue weighted by molar-refractivity contribution is 6.32. The Bertz CT molecular complexity index is 785. The van der Waals surface area contributed by atoms with E-state index < -0.39 is 0 Å². The van der Waals surface area contributed by atoms with E-state index in [-0.39, 0.29) is 5.75 Å². The Hall–Kier alpha value is -2.24. The van der Waals surface area contributed by atoms with E-state index in [1.165, 1.54) is 0 Å². The topological polar surface area (TPSA) is 64.2 Å². The van der Waals surface area contributed by atoms with Crippen molar-refractivity contribution in [2.75, 3.05) is 25.0 Å². The zero-order chi connectivity index (χ0) is 16.9. The molecular weight excluding hydrogens is 324 g/mol. The molecule has 0 fully saturated rings. The normalized spacial score (nSPS) is 11.3. The molecule has 1 aromatic heterocycles. The van der Waals surface area contributed by atoms with Gasteiger partial charge in [0.15, 0.2) is 0 Å². The number of hydrogen-bond acceptors (Lipinski definition) is 4. The summed E-state index contributed by atoms with van der Waals surface area (Å²) in [4.78, 5) is 10.00. The van der Waals surface area contributed by atoms with Crippen LogP contribution in [-0.4, -0.2) is 39.6 Å². The predicted molar refractivity (Wildman–Crippen MR) is 98.7 cm³/mol. The minimum atomic E-state index is 0.169. The third-order valence-corrected chi connectivity index (χ3v) is 4.33.